The molecule has 0 radical (unpaired) electrons. The van der Waals surface area contributed by atoms with Crippen molar-refractivity contribution in [3.63, 3.8) is 0 Å². The maximum absolute atomic E-state index is 12.4. The van der Waals surface area contributed by atoms with Crippen molar-refractivity contribution < 1.29 is 9.90 Å². The summed E-state index contributed by atoms with van der Waals surface area (Å²) < 4.78 is 0. The van der Waals surface area contributed by atoms with Crippen LogP contribution in [0.15, 0.2) is 0 Å². The first-order valence-corrected chi connectivity index (χ1v) is 9.43. The van der Waals surface area contributed by atoms with E-state index >= 15 is 0 Å². The summed E-state index contributed by atoms with van der Waals surface area (Å²) >= 11 is 1.45. The number of hydrogen-bond acceptors (Lipinski definition) is 4. The minimum Gasteiger partial charge on any atom is -0.388 e. The quantitative estimate of drug-likeness (QED) is 0.879. The second kappa shape index (κ2) is 6.89. The van der Waals surface area contributed by atoms with Gasteiger partial charge in [-0.2, -0.15) is 0 Å². The molecule has 0 aliphatic heterocycles. The molecule has 1 aliphatic carbocycles. The van der Waals surface area contributed by atoms with E-state index in [2.05, 4.69) is 31.1 Å². The molecule has 130 valence electrons. The molecule has 5 heteroatoms. The third-order valence-corrected chi connectivity index (χ3v) is 6.37. The largest absolute Gasteiger partial charge is 0.388 e. The molecule has 0 aromatic carbocycles. The van der Waals surface area contributed by atoms with Crippen LogP contribution in [0.1, 0.15) is 73.8 Å². The molecule has 1 aliphatic rings. The smallest absolute Gasteiger partial charge is 0.263 e. The van der Waals surface area contributed by atoms with Crippen molar-refractivity contribution in [3.8, 4) is 0 Å². The average molecular weight is 339 g/mol. The number of aryl methyl sites for hydroxylation is 2. The number of carbonyl (C=O) groups excluding carboxylic acids is 1. The lowest BCUT2D eigenvalue weighted by molar-refractivity contribution is -0.0228. The molecule has 0 saturated heterocycles. The van der Waals surface area contributed by atoms with Gasteiger partial charge < -0.3 is 10.4 Å². The van der Waals surface area contributed by atoms with Gasteiger partial charge in [0.2, 0.25) is 0 Å². The van der Waals surface area contributed by atoms with Gasteiger partial charge in [0, 0.05) is 6.54 Å². The van der Waals surface area contributed by atoms with Gasteiger partial charge in [-0.15, -0.1) is 11.3 Å². The van der Waals surface area contributed by atoms with E-state index in [0.717, 1.165) is 42.8 Å². The second-order valence-electron chi connectivity index (χ2n) is 7.92. The minimum absolute atomic E-state index is 0.105. The predicted octanol–water partition coefficient (Wildman–Crippen LogP) is 3.71. The van der Waals surface area contributed by atoms with Crippen molar-refractivity contribution in [1.82, 2.24) is 10.3 Å². The highest BCUT2D eigenvalue weighted by molar-refractivity contribution is 7.13. The Morgan fingerprint density at radius 1 is 1.39 bits per heavy atom. The Morgan fingerprint density at radius 2 is 2.00 bits per heavy atom. The van der Waals surface area contributed by atoms with Gasteiger partial charge in [0.05, 0.1) is 16.3 Å². The lowest BCUT2D eigenvalue weighted by Crippen LogP contribution is -2.46. The van der Waals surface area contributed by atoms with Gasteiger partial charge in [0.1, 0.15) is 4.88 Å². The fourth-order valence-electron chi connectivity index (χ4n) is 3.34. The molecular formula is C18H30N2O2S. The Kier molecular flexibility index (Phi) is 5.52. The highest BCUT2D eigenvalue weighted by atomic mass is 32.1. The monoisotopic (exact) mass is 338 g/mol. The first kappa shape index (κ1) is 18.4. The number of nitrogens with one attached hydrogen (secondary N) is 1. The maximum atomic E-state index is 12.4. The van der Waals surface area contributed by atoms with Crippen LogP contribution in [0.2, 0.25) is 0 Å². The predicted molar refractivity (Wildman–Crippen MR) is 94.9 cm³/mol. The molecule has 1 amide bonds. The van der Waals surface area contributed by atoms with Crippen molar-refractivity contribution in [2.75, 3.05) is 6.54 Å². The summed E-state index contributed by atoms with van der Waals surface area (Å²) in [6.07, 6.45) is 4.41. The van der Waals surface area contributed by atoms with E-state index in [1.165, 1.54) is 11.3 Å². The Bertz CT molecular complexity index is 552. The van der Waals surface area contributed by atoms with E-state index in [4.69, 9.17) is 0 Å². The van der Waals surface area contributed by atoms with Crippen molar-refractivity contribution >= 4 is 17.2 Å². The fourth-order valence-corrected chi connectivity index (χ4v) is 4.26. The van der Waals surface area contributed by atoms with Crippen LogP contribution in [0.25, 0.3) is 0 Å². The van der Waals surface area contributed by atoms with Crippen molar-refractivity contribution in [2.24, 2.45) is 11.3 Å². The molecule has 1 aromatic rings. The molecule has 1 heterocycles. The van der Waals surface area contributed by atoms with Gasteiger partial charge in [0.25, 0.3) is 5.91 Å². The molecule has 0 bridgehead atoms. The van der Waals surface area contributed by atoms with Crippen molar-refractivity contribution in [1.29, 1.82) is 0 Å². The molecule has 2 N–H and O–H groups in total. The van der Waals surface area contributed by atoms with Gasteiger partial charge in [-0.1, -0.05) is 27.7 Å². The molecule has 0 atom stereocenters. The molecule has 0 unspecified atom stereocenters. The van der Waals surface area contributed by atoms with E-state index in [1.54, 1.807) is 0 Å². The Balaban J connectivity index is 1.90. The Labute approximate surface area is 143 Å². The van der Waals surface area contributed by atoms with Crippen molar-refractivity contribution in [2.45, 2.75) is 72.3 Å². The molecule has 1 fully saturated rings. The number of rotatable bonds is 4. The van der Waals surface area contributed by atoms with Crippen molar-refractivity contribution in [3.05, 3.63) is 15.6 Å². The van der Waals surface area contributed by atoms with Gasteiger partial charge in [-0.3, -0.25) is 4.79 Å². The van der Waals surface area contributed by atoms with Crippen LogP contribution < -0.4 is 5.32 Å². The molecule has 0 spiro atoms. The van der Waals surface area contributed by atoms with Crippen LogP contribution in [0.3, 0.4) is 0 Å². The number of nitrogens with zero attached hydrogens (tertiary/aromatic N) is 1. The molecule has 2 rings (SSSR count). The third-order valence-electron chi connectivity index (χ3n) is 5.07. The summed E-state index contributed by atoms with van der Waals surface area (Å²) in [4.78, 5) is 17.4. The van der Waals surface area contributed by atoms with Gasteiger partial charge in [0.15, 0.2) is 0 Å². The zero-order chi connectivity index (χ0) is 17.3. The van der Waals surface area contributed by atoms with E-state index < -0.39 is 5.60 Å². The third kappa shape index (κ3) is 4.54. The van der Waals surface area contributed by atoms with Gasteiger partial charge >= 0.3 is 0 Å². The molecule has 23 heavy (non-hydrogen) atoms. The van der Waals surface area contributed by atoms with E-state index in [0.29, 0.717) is 22.8 Å². The van der Waals surface area contributed by atoms with Crippen LogP contribution in [-0.2, 0) is 6.42 Å². The highest BCUT2D eigenvalue weighted by Crippen LogP contribution is 2.41. The van der Waals surface area contributed by atoms with Gasteiger partial charge in [-0.25, -0.2) is 4.98 Å². The summed E-state index contributed by atoms with van der Waals surface area (Å²) in [6, 6.07) is 0. The number of thiazole rings is 1. The second-order valence-corrected chi connectivity index (χ2v) is 9.01. The first-order valence-electron chi connectivity index (χ1n) is 8.61. The molecule has 1 saturated carbocycles. The molecular weight excluding hydrogens is 308 g/mol. The summed E-state index contributed by atoms with van der Waals surface area (Å²) in [6.45, 7) is 11.0. The highest BCUT2D eigenvalue weighted by Gasteiger charge is 2.37. The summed E-state index contributed by atoms with van der Waals surface area (Å²) in [7, 11) is 0. The lowest BCUT2D eigenvalue weighted by atomic mass is 9.68. The average Bonchev–Trinajstić information content (AvgIpc) is 2.86. The number of carbonyl (C=O) groups is 1. The normalized spacial score (nSPS) is 25.4. The zero-order valence-electron chi connectivity index (χ0n) is 15.0. The number of amides is 1. The summed E-state index contributed by atoms with van der Waals surface area (Å²) in [5.41, 5.74) is 0.317. The fraction of sp³-hybridized carbons (Fsp3) is 0.778. The number of hydrogen-bond donors (Lipinski definition) is 2. The van der Waals surface area contributed by atoms with Crippen LogP contribution >= 0.6 is 11.3 Å². The van der Waals surface area contributed by atoms with E-state index in [-0.39, 0.29) is 5.91 Å². The maximum Gasteiger partial charge on any atom is 0.263 e. The van der Waals surface area contributed by atoms with Crippen LogP contribution in [0, 0.1) is 18.3 Å². The standard InChI is InChI=1S/C18H30N2O2S/c1-6-14-20-12(2)15(23-14)16(21)19-11-18(22)9-7-13(8-10-18)17(3,4)5/h13,22H,6-11H2,1-5H3,(H,19,21). The van der Waals surface area contributed by atoms with Gasteiger partial charge in [-0.05, 0) is 50.4 Å². The van der Waals surface area contributed by atoms with Crippen LogP contribution in [0.4, 0.5) is 0 Å². The van der Waals surface area contributed by atoms with Crippen LogP contribution in [0.5, 0.6) is 0 Å². The molecule has 1 aromatic heterocycles. The first-order chi connectivity index (χ1) is 10.6. The van der Waals surface area contributed by atoms with Crippen LogP contribution in [-0.4, -0.2) is 28.1 Å². The molecule has 4 nitrogen and oxygen atoms in total. The van der Waals surface area contributed by atoms with E-state index in [1.807, 2.05) is 13.8 Å². The van der Waals surface area contributed by atoms with E-state index in [9.17, 15) is 9.90 Å². The summed E-state index contributed by atoms with van der Waals surface area (Å²) in [5.74, 6) is 0.542. The SMILES string of the molecule is CCc1nc(C)c(C(=O)NCC2(O)CCC(C(C)(C)C)CC2)s1. The number of aromatic nitrogens is 1. The number of aliphatic hydroxyl groups is 1. The topological polar surface area (TPSA) is 62.2 Å². The Morgan fingerprint density at radius 3 is 2.48 bits per heavy atom. The summed E-state index contributed by atoms with van der Waals surface area (Å²) in [5, 5.41) is 14.7. The lowest BCUT2D eigenvalue weighted by Gasteiger charge is -2.41. The minimum atomic E-state index is -0.760. The zero-order valence-corrected chi connectivity index (χ0v) is 15.8. The Hall–Kier alpha value is -0.940.